The van der Waals surface area contributed by atoms with E-state index in [1.165, 1.54) is 0 Å². The predicted octanol–water partition coefficient (Wildman–Crippen LogP) is 1.31. The maximum Gasteiger partial charge on any atom is 0.227 e. The number of amides is 1. The number of anilines is 1. The maximum atomic E-state index is 13.0. The van der Waals surface area contributed by atoms with E-state index in [0.29, 0.717) is 32.0 Å². The van der Waals surface area contributed by atoms with Gasteiger partial charge in [-0.05, 0) is 20.8 Å². The third-order valence-electron chi connectivity index (χ3n) is 4.48. The van der Waals surface area contributed by atoms with Crippen LogP contribution in [0.2, 0.25) is 0 Å². The Balaban J connectivity index is 1.86. The quantitative estimate of drug-likeness (QED) is 0.868. The van der Waals surface area contributed by atoms with Crippen LogP contribution in [0.5, 0.6) is 0 Å². The molecular formula is C17H24N6O2. The molecule has 8 nitrogen and oxygen atoms in total. The third kappa shape index (κ3) is 3.63. The highest BCUT2D eigenvalue weighted by molar-refractivity contribution is 5.79. The normalized spacial score (nSPS) is 17.6. The Bertz CT molecular complexity index is 753. The molecule has 2 N–H and O–H groups in total. The minimum absolute atomic E-state index is 0.0389. The van der Waals surface area contributed by atoms with E-state index in [-0.39, 0.29) is 11.9 Å². The molecule has 1 atom stereocenters. The van der Waals surface area contributed by atoms with Gasteiger partial charge in [0, 0.05) is 36.6 Å². The number of hydrogen-bond donors (Lipinski definition) is 2. The second kappa shape index (κ2) is 7.18. The minimum atomic E-state index is -0.277. The van der Waals surface area contributed by atoms with Crippen molar-refractivity contribution < 1.29 is 9.53 Å². The van der Waals surface area contributed by atoms with Crippen LogP contribution in [0.1, 0.15) is 34.5 Å². The number of nitrogens with zero attached hydrogens (tertiary/aromatic N) is 4. The van der Waals surface area contributed by atoms with Gasteiger partial charge in [-0.2, -0.15) is 5.10 Å². The first-order valence-corrected chi connectivity index (χ1v) is 8.40. The lowest BCUT2D eigenvalue weighted by molar-refractivity contribution is -0.139. The summed E-state index contributed by atoms with van der Waals surface area (Å²) in [4.78, 5) is 23.8. The number of aromatic nitrogens is 4. The van der Waals surface area contributed by atoms with Gasteiger partial charge in [-0.15, -0.1) is 0 Å². The zero-order valence-electron chi connectivity index (χ0n) is 15.1. The average molecular weight is 344 g/mol. The Kier molecular flexibility index (Phi) is 4.98. The highest BCUT2D eigenvalue weighted by Gasteiger charge is 2.31. The van der Waals surface area contributed by atoms with Gasteiger partial charge in [0.1, 0.15) is 11.9 Å². The number of aromatic amines is 1. The van der Waals surface area contributed by atoms with Crippen molar-refractivity contribution in [3.8, 4) is 0 Å². The molecule has 134 valence electrons. The first-order chi connectivity index (χ1) is 12.0. The standard InChI is InChI=1S/C17H24N6O2/c1-10-7-15(18-4)20-17(19-10)14-9-25-6-5-23(14)16(24)8-13-11(2)21-22-12(13)3/h7,14H,5-6,8-9H2,1-4H3,(H,21,22)(H,18,19,20). The van der Waals surface area contributed by atoms with Crippen molar-refractivity contribution in [2.75, 3.05) is 32.1 Å². The first kappa shape index (κ1) is 17.3. The lowest BCUT2D eigenvalue weighted by atomic mass is 10.1. The highest BCUT2D eigenvalue weighted by Crippen LogP contribution is 2.24. The molecular weight excluding hydrogens is 320 g/mol. The van der Waals surface area contributed by atoms with Gasteiger partial charge in [0.15, 0.2) is 5.82 Å². The van der Waals surface area contributed by atoms with Gasteiger partial charge in [0.05, 0.1) is 25.3 Å². The lowest BCUT2D eigenvalue weighted by Crippen LogP contribution is -2.45. The summed E-state index contributed by atoms with van der Waals surface area (Å²) in [6, 6.07) is 1.60. The smallest absolute Gasteiger partial charge is 0.227 e. The van der Waals surface area contributed by atoms with Gasteiger partial charge in [0.25, 0.3) is 0 Å². The Morgan fingerprint density at radius 2 is 2.20 bits per heavy atom. The second-order valence-electron chi connectivity index (χ2n) is 6.27. The molecule has 0 spiro atoms. The number of morpholine rings is 1. The molecule has 0 radical (unpaired) electrons. The molecule has 1 aliphatic heterocycles. The van der Waals surface area contributed by atoms with E-state index in [4.69, 9.17) is 4.74 Å². The van der Waals surface area contributed by atoms with E-state index in [2.05, 4.69) is 25.5 Å². The van der Waals surface area contributed by atoms with E-state index in [9.17, 15) is 4.79 Å². The first-order valence-electron chi connectivity index (χ1n) is 8.40. The van der Waals surface area contributed by atoms with E-state index < -0.39 is 0 Å². The fraction of sp³-hybridized carbons (Fsp3) is 0.529. The summed E-state index contributed by atoms with van der Waals surface area (Å²) in [5.41, 5.74) is 3.60. The predicted molar refractivity (Wildman–Crippen MR) is 93.4 cm³/mol. The molecule has 1 aliphatic rings. The number of nitrogens with one attached hydrogen (secondary N) is 2. The minimum Gasteiger partial charge on any atom is -0.377 e. The van der Waals surface area contributed by atoms with Crippen molar-refractivity contribution in [2.24, 2.45) is 0 Å². The largest absolute Gasteiger partial charge is 0.377 e. The number of carbonyl (C=O) groups is 1. The molecule has 1 unspecified atom stereocenters. The number of H-pyrrole nitrogens is 1. The molecule has 25 heavy (non-hydrogen) atoms. The van der Waals surface area contributed by atoms with E-state index in [1.54, 1.807) is 0 Å². The summed E-state index contributed by atoms with van der Waals surface area (Å²) in [6.07, 6.45) is 0.315. The zero-order chi connectivity index (χ0) is 18.0. The summed E-state index contributed by atoms with van der Waals surface area (Å²) < 4.78 is 5.60. The Hall–Kier alpha value is -2.48. The number of carbonyl (C=O) groups excluding carboxylic acids is 1. The molecule has 3 rings (SSSR count). The van der Waals surface area contributed by atoms with Crippen molar-refractivity contribution in [3.63, 3.8) is 0 Å². The molecule has 8 heteroatoms. The van der Waals surface area contributed by atoms with Crippen molar-refractivity contribution in [3.05, 3.63) is 34.5 Å². The van der Waals surface area contributed by atoms with Gasteiger partial charge >= 0.3 is 0 Å². The SMILES string of the molecule is CNc1cc(C)nc(C2COCCN2C(=O)Cc2c(C)n[nH]c2C)n1. The van der Waals surface area contributed by atoms with Crippen LogP contribution in [-0.2, 0) is 16.0 Å². The fourth-order valence-electron chi connectivity index (χ4n) is 3.07. The molecule has 1 amide bonds. The Morgan fingerprint density at radius 3 is 2.88 bits per heavy atom. The highest BCUT2D eigenvalue weighted by atomic mass is 16.5. The van der Waals surface area contributed by atoms with Crippen LogP contribution in [-0.4, -0.2) is 57.8 Å². The van der Waals surface area contributed by atoms with E-state index >= 15 is 0 Å². The number of hydrogen-bond acceptors (Lipinski definition) is 6. The van der Waals surface area contributed by atoms with E-state index in [1.807, 2.05) is 38.8 Å². The number of aryl methyl sites for hydroxylation is 3. The van der Waals surface area contributed by atoms with Crippen molar-refractivity contribution in [2.45, 2.75) is 33.2 Å². The molecule has 1 saturated heterocycles. The van der Waals surface area contributed by atoms with Crippen LogP contribution >= 0.6 is 0 Å². The van der Waals surface area contributed by atoms with Gasteiger partial charge in [-0.1, -0.05) is 0 Å². The van der Waals surface area contributed by atoms with Crippen LogP contribution in [0.4, 0.5) is 5.82 Å². The monoisotopic (exact) mass is 344 g/mol. The summed E-state index contributed by atoms with van der Waals surface area (Å²) >= 11 is 0. The summed E-state index contributed by atoms with van der Waals surface area (Å²) in [5.74, 6) is 1.39. The molecule has 3 heterocycles. The van der Waals surface area contributed by atoms with Gasteiger partial charge in [-0.25, -0.2) is 9.97 Å². The molecule has 0 aromatic carbocycles. The molecule has 2 aromatic rings. The number of rotatable bonds is 4. The van der Waals surface area contributed by atoms with Gasteiger partial charge in [0.2, 0.25) is 5.91 Å². The van der Waals surface area contributed by atoms with Crippen LogP contribution in [0.15, 0.2) is 6.07 Å². The van der Waals surface area contributed by atoms with Crippen molar-refractivity contribution in [1.82, 2.24) is 25.1 Å². The summed E-state index contributed by atoms with van der Waals surface area (Å²) in [7, 11) is 1.82. The third-order valence-corrected chi connectivity index (χ3v) is 4.48. The summed E-state index contributed by atoms with van der Waals surface area (Å²) in [5, 5.41) is 10.1. The van der Waals surface area contributed by atoms with Gasteiger partial charge < -0.3 is 15.0 Å². The second-order valence-corrected chi connectivity index (χ2v) is 6.27. The van der Waals surface area contributed by atoms with Crippen molar-refractivity contribution >= 4 is 11.7 Å². The van der Waals surface area contributed by atoms with Crippen LogP contribution in [0.25, 0.3) is 0 Å². The van der Waals surface area contributed by atoms with Gasteiger partial charge in [-0.3, -0.25) is 9.89 Å². The van der Waals surface area contributed by atoms with Crippen LogP contribution in [0, 0.1) is 20.8 Å². The Morgan fingerprint density at radius 1 is 1.40 bits per heavy atom. The molecule has 0 bridgehead atoms. The molecule has 1 fully saturated rings. The molecule has 2 aromatic heterocycles. The number of ether oxygens (including phenoxy) is 1. The average Bonchev–Trinajstić information content (AvgIpc) is 2.93. The summed E-state index contributed by atoms with van der Waals surface area (Å²) in [6.45, 7) is 7.22. The van der Waals surface area contributed by atoms with Crippen molar-refractivity contribution in [1.29, 1.82) is 0 Å². The molecule has 0 aliphatic carbocycles. The fourth-order valence-corrected chi connectivity index (χ4v) is 3.07. The maximum absolute atomic E-state index is 13.0. The molecule has 0 saturated carbocycles. The zero-order valence-corrected chi connectivity index (χ0v) is 15.1. The van der Waals surface area contributed by atoms with Crippen LogP contribution < -0.4 is 5.32 Å². The Labute approximate surface area is 147 Å². The van der Waals surface area contributed by atoms with E-state index in [0.717, 1.165) is 28.5 Å². The lowest BCUT2D eigenvalue weighted by Gasteiger charge is -2.35. The van der Waals surface area contributed by atoms with Crippen LogP contribution in [0.3, 0.4) is 0 Å². The topological polar surface area (TPSA) is 96.0 Å².